The lowest BCUT2D eigenvalue weighted by atomic mass is 9.80. The highest BCUT2D eigenvalue weighted by molar-refractivity contribution is 5.93. The molecule has 0 bridgehead atoms. The van der Waals surface area contributed by atoms with Gasteiger partial charge >= 0.3 is 0 Å². The van der Waals surface area contributed by atoms with Gasteiger partial charge in [-0.25, -0.2) is 4.98 Å². The van der Waals surface area contributed by atoms with Gasteiger partial charge in [-0.2, -0.15) is 0 Å². The summed E-state index contributed by atoms with van der Waals surface area (Å²) in [5.41, 5.74) is 21.6. The Balaban J connectivity index is 1.01. The summed E-state index contributed by atoms with van der Waals surface area (Å²) in [4.78, 5) is 5.15. The van der Waals surface area contributed by atoms with Crippen LogP contribution in [0.2, 0.25) is 0 Å². The Bertz CT molecular complexity index is 2800. The van der Waals surface area contributed by atoms with Crippen molar-refractivity contribution < 1.29 is 0 Å². The molecule has 0 unspecified atom stereocenters. The zero-order valence-electron chi connectivity index (χ0n) is 32.2. The van der Waals surface area contributed by atoms with E-state index in [1.54, 1.807) is 0 Å². The van der Waals surface area contributed by atoms with E-state index >= 15 is 0 Å². The molecule has 9 aromatic rings. The minimum Gasteiger partial charge on any atom is -0.248 e. The number of aromatic nitrogens is 1. The van der Waals surface area contributed by atoms with Crippen LogP contribution in [0.3, 0.4) is 0 Å². The van der Waals surface area contributed by atoms with Gasteiger partial charge in [0, 0.05) is 16.5 Å². The van der Waals surface area contributed by atoms with E-state index in [2.05, 4.69) is 220 Å². The molecule has 10 rings (SSSR count). The summed E-state index contributed by atoms with van der Waals surface area (Å²) >= 11 is 0. The van der Waals surface area contributed by atoms with Crippen molar-refractivity contribution in [3.8, 4) is 89.3 Å². The normalized spacial score (nSPS) is 12.5. The van der Waals surface area contributed by atoms with Crippen LogP contribution >= 0.6 is 0 Å². The summed E-state index contributed by atoms with van der Waals surface area (Å²) in [7, 11) is 0. The summed E-state index contributed by atoms with van der Waals surface area (Å²) in [5, 5.41) is 0. The zero-order valence-corrected chi connectivity index (χ0v) is 32.2. The molecule has 8 aromatic carbocycles. The number of fused-ring (bicyclic) bond motifs is 3. The van der Waals surface area contributed by atoms with Crippen molar-refractivity contribution in [3.05, 3.63) is 223 Å². The molecule has 0 radical (unpaired) electrons. The minimum absolute atomic E-state index is 0.0879. The largest absolute Gasteiger partial charge is 0.248 e. The van der Waals surface area contributed by atoms with Crippen molar-refractivity contribution in [1.29, 1.82) is 0 Å². The summed E-state index contributed by atoms with van der Waals surface area (Å²) < 4.78 is 0. The second kappa shape index (κ2) is 14.2. The Hall–Kier alpha value is -7.09. The molecule has 1 aromatic heterocycles. The van der Waals surface area contributed by atoms with Crippen molar-refractivity contribution in [2.75, 3.05) is 0 Å². The number of hydrogen-bond donors (Lipinski definition) is 0. The highest BCUT2D eigenvalue weighted by Gasteiger charge is 2.36. The number of benzene rings is 8. The second-order valence-electron chi connectivity index (χ2n) is 15.6. The Morgan fingerprint density at radius 2 is 0.632 bits per heavy atom. The van der Waals surface area contributed by atoms with Crippen LogP contribution in [-0.2, 0) is 5.41 Å². The van der Waals surface area contributed by atoms with Gasteiger partial charge in [0.2, 0.25) is 0 Å². The summed E-state index contributed by atoms with van der Waals surface area (Å²) in [6.07, 6.45) is 0. The number of nitrogens with zero attached hydrogens (tertiary/aromatic N) is 1. The molecule has 1 nitrogen and oxygen atoms in total. The maximum absolute atomic E-state index is 5.15. The van der Waals surface area contributed by atoms with Crippen molar-refractivity contribution >= 4 is 0 Å². The quantitative estimate of drug-likeness (QED) is 0.159. The molecule has 270 valence electrons. The molecule has 0 saturated carbocycles. The Morgan fingerprint density at radius 1 is 0.263 bits per heavy atom. The van der Waals surface area contributed by atoms with Crippen LogP contribution in [-0.4, -0.2) is 4.98 Å². The molecule has 0 N–H and O–H groups in total. The van der Waals surface area contributed by atoms with Crippen LogP contribution in [0.25, 0.3) is 89.3 Å². The van der Waals surface area contributed by atoms with E-state index in [1.807, 2.05) is 6.07 Å². The fourth-order valence-electron chi connectivity index (χ4n) is 8.61. The standard InChI is InChI=1S/C56H41N/c1-56(2)52-21-13-12-20-48(52)51-36-49(43-28-22-40(23-29-43)38-14-6-3-7-15-38)50(37-53(51)56)44-30-24-41(25-31-44)42-26-32-46(33-27-42)55-35-47(39-16-8-4-9-17-39)34-54(57-55)45-18-10-5-11-19-45/h3-37H,1-2H3. The lowest BCUT2D eigenvalue weighted by Gasteiger charge is -2.23. The van der Waals surface area contributed by atoms with Crippen LogP contribution in [0, 0.1) is 0 Å². The SMILES string of the molecule is CC1(C)c2ccccc2-c2cc(-c3ccc(-c4ccccc4)cc3)c(-c3ccc(-c4ccc(-c5cc(-c6ccccc6)cc(-c6ccccc6)n5)cc4)cc3)cc21. The van der Waals surface area contributed by atoms with E-state index in [-0.39, 0.29) is 5.41 Å². The van der Waals surface area contributed by atoms with E-state index in [1.165, 1.54) is 72.3 Å². The fraction of sp³-hybridized carbons (Fsp3) is 0.0536. The predicted molar refractivity (Wildman–Crippen MR) is 240 cm³/mol. The van der Waals surface area contributed by atoms with Gasteiger partial charge in [-0.05, 0) is 102 Å². The number of rotatable bonds is 7. The van der Waals surface area contributed by atoms with Crippen molar-refractivity contribution in [3.63, 3.8) is 0 Å². The van der Waals surface area contributed by atoms with Crippen LogP contribution in [0.15, 0.2) is 212 Å². The minimum atomic E-state index is -0.0879. The van der Waals surface area contributed by atoms with Gasteiger partial charge in [-0.15, -0.1) is 0 Å². The van der Waals surface area contributed by atoms with Crippen LogP contribution in [0.4, 0.5) is 0 Å². The predicted octanol–water partition coefficient (Wildman–Crippen LogP) is 15.1. The van der Waals surface area contributed by atoms with E-state index in [0.29, 0.717) is 0 Å². The maximum Gasteiger partial charge on any atom is 0.0715 e. The second-order valence-corrected chi connectivity index (χ2v) is 15.6. The lowest BCUT2D eigenvalue weighted by molar-refractivity contribution is 0.660. The first-order valence-electron chi connectivity index (χ1n) is 19.8. The van der Waals surface area contributed by atoms with Crippen LogP contribution < -0.4 is 0 Å². The van der Waals surface area contributed by atoms with Gasteiger partial charge < -0.3 is 0 Å². The van der Waals surface area contributed by atoms with Gasteiger partial charge in [0.25, 0.3) is 0 Å². The van der Waals surface area contributed by atoms with Gasteiger partial charge in [-0.1, -0.05) is 202 Å². The third kappa shape index (κ3) is 6.38. The van der Waals surface area contributed by atoms with Crippen LogP contribution in [0.1, 0.15) is 25.0 Å². The van der Waals surface area contributed by atoms with Crippen LogP contribution in [0.5, 0.6) is 0 Å². The molecule has 1 aliphatic rings. The highest BCUT2D eigenvalue weighted by Crippen LogP contribution is 2.52. The first kappa shape index (κ1) is 34.4. The molecule has 0 amide bonds. The highest BCUT2D eigenvalue weighted by atomic mass is 14.7. The molecular weight excluding hydrogens is 687 g/mol. The smallest absolute Gasteiger partial charge is 0.0715 e. The molecule has 0 saturated heterocycles. The lowest BCUT2D eigenvalue weighted by Crippen LogP contribution is -2.15. The summed E-state index contributed by atoms with van der Waals surface area (Å²) in [6, 6.07) is 76.8. The molecule has 0 spiro atoms. The average Bonchev–Trinajstić information content (AvgIpc) is 3.51. The molecule has 1 aliphatic carbocycles. The maximum atomic E-state index is 5.15. The third-order valence-corrected chi connectivity index (χ3v) is 11.7. The fourth-order valence-corrected chi connectivity index (χ4v) is 8.61. The molecule has 57 heavy (non-hydrogen) atoms. The van der Waals surface area contributed by atoms with Gasteiger partial charge in [-0.3, -0.25) is 0 Å². The molecule has 1 heterocycles. The van der Waals surface area contributed by atoms with Crippen molar-refractivity contribution in [2.24, 2.45) is 0 Å². The van der Waals surface area contributed by atoms with E-state index < -0.39 is 0 Å². The van der Waals surface area contributed by atoms with Gasteiger partial charge in [0.05, 0.1) is 11.4 Å². The molecule has 0 aliphatic heterocycles. The van der Waals surface area contributed by atoms with E-state index in [4.69, 9.17) is 4.98 Å². The zero-order chi connectivity index (χ0) is 38.3. The number of hydrogen-bond acceptors (Lipinski definition) is 1. The first-order valence-corrected chi connectivity index (χ1v) is 19.8. The Kier molecular flexibility index (Phi) is 8.57. The monoisotopic (exact) mass is 727 g/mol. The molecule has 0 atom stereocenters. The molecule has 1 heteroatoms. The topological polar surface area (TPSA) is 12.9 Å². The molecule has 0 fully saturated rings. The third-order valence-electron chi connectivity index (χ3n) is 11.7. The number of pyridine rings is 1. The van der Waals surface area contributed by atoms with Crippen molar-refractivity contribution in [2.45, 2.75) is 19.3 Å². The van der Waals surface area contributed by atoms with Gasteiger partial charge in [0.1, 0.15) is 0 Å². The van der Waals surface area contributed by atoms with E-state index in [0.717, 1.165) is 28.1 Å². The summed E-state index contributed by atoms with van der Waals surface area (Å²) in [5.74, 6) is 0. The van der Waals surface area contributed by atoms with Crippen molar-refractivity contribution in [1.82, 2.24) is 4.98 Å². The Labute approximate surface area is 335 Å². The molecular formula is C56H41N. The first-order chi connectivity index (χ1) is 28.0. The van der Waals surface area contributed by atoms with E-state index in [9.17, 15) is 0 Å². The summed E-state index contributed by atoms with van der Waals surface area (Å²) in [6.45, 7) is 4.72. The Morgan fingerprint density at radius 3 is 1.16 bits per heavy atom. The van der Waals surface area contributed by atoms with Gasteiger partial charge in [0.15, 0.2) is 0 Å². The average molecular weight is 728 g/mol.